The summed E-state index contributed by atoms with van der Waals surface area (Å²) < 4.78 is 1.14. The van der Waals surface area contributed by atoms with Crippen molar-refractivity contribution in [2.75, 3.05) is 0 Å². The second-order valence-electron chi connectivity index (χ2n) is 3.30. The first kappa shape index (κ1) is 10.6. The largest absolute Gasteiger partial charge is 0.375 e. The zero-order chi connectivity index (χ0) is 10.8. The lowest BCUT2D eigenvalue weighted by Gasteiger charge is -2.02. The summed E-state index contributed by atoms with van der Waals surface area (Å²) in [6, 6.07) is 6.11. The number of nitrogens with one attached hydrogen (secondary N) is 1. The number of fused-ring (bicyclic) bond motifs is 1. The van der Waals surface area contributed by atoms with E-state index in [-0.39, 0.29) is 5.11 Å². The number of nitrogens with zero attached hydrogens (tertiary/aromatic N) is 1. The number of benzene rings is 1. The Balaban J connectivity index is 2.32. The second kappa shape index (κ2) is 4.28. The van der Waals surface area contributed by atoms with Crippen LogP contribution in [0.4, 0.5) is 0 Å². The topological polar surface area (TPSA) is 50.4 Å². The highest BCUT2D eigenvalue weighted by Crippen LogP contribution is 2.28. The maximum atomic E-state index is 5.32. The van der Waals surface area contributed by atoms with Crippen molar-refractivity contribution in [3.05, 3.63) is 33.8 Å². The van der Waals surface area contributed by atoms with Crippen LogP contribution >= 0.6 is 28.1 Å². The Bertz CT molecular complexity index is 442. The Morgan fingerprint density at radius 2 is 2.27 bits per heavy atom. The van der Waals surface area contributed by atoms with Gasteiger partial charge in [-0.2, -0.15) is 5.10 Å². The Morgan fingerprint density at radius 1 is 1.47 bits per heavy atom. The van der Waals surface area contributed by atoms with E-state index in [4.69, 9.17) is 18.0 Å². The maximum absolute atomic E-state index is 5.32. The van der Waals surface area contributed by atoms with E-state index in [0.717, 1.165) is 23.0 Å². The molecule has 0 saturated carbocycles. The van der Waals surface area contributed by atoms with Crippen LogP contribution in [0.25, 0.3) is 0 Å². The number of rotatable bonds is 1. The third-order valence-electron chi connectivity index (χ3n) is 2.34. The molecule has 0 aromatic heterocycles. The maximum Gasteiger partial charge on any atom is 0.184 e. The monoisotopic (exact) mass is 283 g/mol. The Labute approximate surface area is 102 Å². The first-order valence-corrected chi connectivity index (χ1v) is 5.78. The fourth-order valence-corrected chi connectivity index (χ4v) is 2.31. The van der Waals surface area contributed by atoms with Gasteiger partial charge in [-0.25, -0.2) is 0 Å². The molecular weight excluding hydrogens is 274 g/mol. The highest BCUT2D eigenvalue weighted by Gasteiger charge is 2.19. The minimum Gasteiger partial charge on any atom is -0.375 e. The van der Waals surface area contributed by atoms with E-state index in [1.54, 1.807) is 0 Å². The molecule has 15 heavy (non-hydrogen) atoms. The van der Waals surface area contributed by atoms with E-state index < -0.39 is 0 Å². The fraction of sp³-hybridized carbons (Fsp3) is 0.200. The third kappa shape index (κ3) is 2.18. The first-order chi connectivity index (χ1) is 7.18. The molecule has 0 unspecified atom stereocenters. The smallest absolute Gasteiger partial charge is 0.184 e. The van der Waals surface area contributed by atoms with Crippen molar-refractivity contribution >= 4 is 39.0 Å². The van der Waals surface area contributed by atoms with Crippen LogP contribution in [0, 0.1) is 0 Å². The van der Waals surface area contributed by atoms with Crippen LogP contribution in [0.1, 0.15) is 17.5 Å². The van der Waals surface area contributed by atoms with Crippen LogP contribution in [0.3, 0.4) is 0 Å². The Hall–Kier alpha value is -0.940. The summed E-state index contributed by atoms with van der Waals surface area (Å²) in [6.07, 6.45) is 1.93. The molecule has 0 fully saturated rings. The number of halogens is 1. The van der Waals surface area contributed by atoms with Crippen molar-refractivity contribution < 1.29 is 0 Å². The molecule has 0 amide bonds. The summed E-state index contributed by atoms with van der Waals surface area (Å²) in [5.41, 5.74) is 11.4. The van der Waals surface area contributed by atoms with E-state index in [2.05, 4.69) is 32.5 Å². The zero-order valence-electron chi connectivity index (χ0n) is 7.96. The molecule has 1 aromatic carbocycles. The standard InChI is InChI=1S/C10H10BrN3S/c11-8-3-1-2-7-6(8)4-5-9(7)13-14-10(12)15/h1-3H,4-5H2,(H3,12,14,15)/b13-9-. The van der Waals surface area contributed by atoms with Crippen molar-refractivity contribution in [3.63, 3.8) is 0 Å². The van der Waals surface area contributed by atoms with Crippen LogP contribution in [-0.2, 0) is 6.42 Å². The predicted octanol–water partition coefficient (Wildman–Crippen LogP) is 1.93. The van der Waals surface area contributed by atoms with Gasteiger partial charge in [0.15, 0.2) is 5.11 Å². The van der Waals surface area contributed by atoms with Gasteiger partial charge >= 0.3 is 0 Å². The van der Waals surface area contributed by atoms with E-state index in [1.807, 2.05) is 12.1 Å². The zero-order valence-corrected chi connectivity index (χ0v) is 10.4. The lowest BCUT2D eigenvalue weighted by Crippen LogP contribution is -2.25. The Kier molecular flexibility index (Phi) is 3.02. The van der Waals surface area contributed by atoms with E-state index in [0.29, 0.717) is 0 Å². The summed E-state index contributed by atoms with van der Waals surface area (Å²) in [5, 5.41) is 4.38. The molecule has 1 aliphatic rings. The normalized spacial score (nSPS) is 16.5. The number of nitrogens with two attached hydrogens (primary N) is 1. The van der Waals surface area contributed by atoms with Crippen LogP contribution < -0.4 is 11.2 Å². The molecule has 5 heteroatoms. The van der Waals surface area contributed by atoms with Crippen LogP contribution in [0.15, 0.2) is 27.8 Å². The summed E-state index contributed by atoms with van der Waals surface area (Å²) in [6.45, 7) is 0. The van der Waals surface area contributed by atoms with Crippen molar-refractivity contribution in [2.45, 2.75) is 12.8 Å². The molecule has 0 radical (unpaired) electrons. The molecule has 3 N–H and O–H groups in total. The molecule has 3 nitrogen and oxygen atoms in total. The van der Waals surface area contributed by atoms with Gasteiger partial charge in [-0.1, -0.05) is 28.1 Å². The van der Waals surface area contributed by atoms with E-state index in [9.17, 15) is 0 Å². The summed E-state index contributed by atoms with van der Waals surface area (Å²) >= 11 is 8.23. The fourth-order valence-electron chi connectivity index (χ4n) is 1.70. The minimum absolute atomic E-state index is 0.200. The van der Waals surface area contributed by atoms with E-state index in [1.165, 1.54) is 11.1 Å². The lowest BCUT2D eigenvalue weighted by atomic mass is 10.1. The van der Waals surface area contributed by atoms with Gasteiger partial charge in [-0.05, 0) is 36.7 Å². The second-order valence-corrected chi connectivity index (χ2v) is 4.59. The molecule has 0 heterocycles. The van der Waals surface area contributed by atoms with Crippen LogP contribution in [-0.4, -0.2) is 10.8 Å². The molecule has 0 spiro atoms. The summed E-state index contributed by atoms with van der Waals surface area (Å²) in [4.78, 5) is 0. The molecule has 2 rings (SSSR count). The summed E-state index contributed by atoms with van der Waals surface area (Å²) in [5.74, 6) is 0. The van der Waals surface area contributed by atoms with Gasteiger partial charge in [0.25, 0.3) is 0 Å². The third-order valence-corrected chi connectivity index (χ3v) is 3.18. The first-order valence-electron chi connectivity index (χ1n) is 4.58. The lowest BCUT2D eigenvalue weighted by molar-refractivity contribution is 1.00. The molecule has 78 valence electrons. The average Bonchev–Trinajstić information content (AvgIpc) is 2.59. The number of hydrazone groups is 1. The van der Waals surface area contributed by atoms with Crippen molar-refractivity contribution in [1.29, 1.82) is 0 Å². The SMILES string of the molecule is NC(=S)N/N=C1/CCc2c(Br)cccc21. The van der Waals surface area contributed by atoms with Gasteiger partial charge in [-0.15, -0.1) is 0 Å². The van der Waals surface area contributed by atoms with Gasteiger partial charge in [0, 0.05) is 10.0 Å². The van der Waals surface area contributed by atoms with Crippen LogP contribution in [0.5, 0.6) is 0 Å². The van der Waals surface area contributed by atoms with Crippen molar-refractivity contribution in [3.8, 4) is 0 Å². The van der Waals surface area contributed by atoms with Gasteiger partial charge in [0.05, 0.1) is 5.71 Å². The molecule has 0 aliphatic heterocycles. The molecule has 1 aromatic rings. The highest BCUT2D eigenvalue weighted by molar-refractivity contribution is 9.10. The number of hydrogen-bond donors (Lipinski definition) is 2. The molecule has 1 aliphatic carbocycles. The molecular formula is C10H10BrN3S. The number of thiocarbonyl (C=S) groups is 1. The van der Waals surface area contributed by atoms with Gasteiger partial charge in [0.2, 0.25) is 0 Å². The highest BCUT2D eigenvalue weighted by atomic mass is 79.9. The molecule has 0 bridgehead atoms. The van der Waals surface area contributed by atoms with E-state index >= 15 is 0 Å². The Morgan fingerprint density at radius 3 is 3.00 bits per heavy atom. The summed E-state index contributed by atoms with van der Waals surface area (Å²) in [7, 11) is 0. The van der Waals surface area contributed by atoms with Gasteiger partial charge in [0.1, 0.15) is 0 Å². The van der Waals surface area contributed by atoms with Crippen molar-refractivity contribution in [2.24, 2.45) is 10.8 Å². The number of hydrogen-bond acceptors (Lipinski definition) is 2. The quantitative estimate of drug-likeness (QED) is 0.612. The van der Waals surface area contributed by atoms with Crippen LogP contribution in [0.2, 0.25) is 0 Å². The van der Waals surface area contributed by atoms with Gasteiger partial charge in [-0.3, -0.25) is 5.43 Å². The average molecular weight is 284 g/mol. The molecule has 0 saturated heterocycles. The minimum atomic E-state index is 0.200. The molecule has 0 atom stereocenters. The predicted molar refractivity (Wildman–Crippen MR) is 68.9 cm³/mol. The van der Waals surface area contributed by atoms with Crippen molar-refractivity contribution in [1.82, 2.24) is 5.43 Å². The van der Waals surface area contributed by atoms with Gasteiger partial charge < -0.3 is 5.73 Å².